The monoisotopic (exact) mass is 309 g/mol. The molecule has 0 fully saturated rings. The fourth-order valence-corrected chi connectivity index (χ4v) is 2.14. The van der Waals surface area contributed by atoms with Crippen LogP contribution in [-0.2, 0) is 4.79 Å². The minimum atomic E-state index is -0.216. The zero-order valence-corrected chi connectivity index (χ0v) is 13.3. The van der Waals surface area contributed by atoms with E-state index in [-0.39, 0.29) is 11.4 Å². The summed E-state index contributed by atoms with van der Waals surface area (Å²) >= 11 is 6.15. The number of carbonyl (C=O) groups excluding carboxylic acids is 1. The van der Waals surface area contributed by atoms with Crippen molar-refractivity contribution >= 4 is 23.6 Å². The van der Waals surface area contributed by atoms with Crippen molar-refractivity contribution < 1.29 is 14.3 Å². The third-order valence-corrected chi connectivity index (χ3v) is 3.67. The van der Waals surface area contributed by atoms with Crippen molar-refractivity contribution in [2.45, 2.75) is 32.7 Å². The number of amides is 1. The molecule has 0 bridgehead atoms. The van der Waals surface area contributed by atoms with E-state index in [1.54, 1.807) is 12.1 Å². The van der Waals surface area contributed by atoms with Crippen molar-refractivity contribution in [3.63, 3.8) is 0 Å². The summed E-state index contributed by atoms with van der Waals surface area (Å²) in [5.74, 6) is 1.05. The molecule has 21 heavy (non-hydrogen) atoms. The number of carbonyl (C=O) groups is 1. The van der Waals surface area contributed by atoms with Crippen LogP contribution in [0.15, 0.2) is 18.2 Å². The van der Waals surface area contributed by atoms with Gasteiger partial charge >= 0.3 is 0 Å². The van der Waals surface area contributed by atoms with Crippen molar-refractivity contribution in [1.82, 2.24) is 5.32 Å². The second kappa shape index (κ2) is 6.39. The van der Waals surface area contributed by atoms with Gasteiger partial charge in [-0.15, -0.1) is 0 Å². The predicted octanol–water partition coefficient (Wildman–Crippen LogP) is 3.43. The molecule has 2 rings (SSSR count). The van der Waals surface area contributed by atoms with Gasteiger partial charge in [0.15, 0.2) is 11.5 Å². The summed E-state index contributed by atoms with van der Waals surface area (Å²) in [5.41, 5.74) is 0.583. The molecule has 0 spiro atoms. The molecule has 1 aromatic carbocycles. The number of fused-ring (bicyclic) bond motifs is 1. The summed E-state index contributed by atoms with van der Waals surface area (Å²) in [5, 5.41) is 3.43. The Morgan fingerprint density at radius 3 is 2.81 bits per heavy atom. The van der Waals surface area contributed by atoms with Crippen molar-refractivity contribution in [2.24, 2.45) is 0 Å². The summed E-state index contributed by atoms with van der Waals surface area (Å²) in [6.07, 6.45) is 4.08. The summed E-state index contributed by atoms with van der Waals surface area (Å²) in [6, 6.07) is 3.57. The fourth-order valence-electron chi connectivity index (χ4n) is 1.86. The van der Waals surface area contributed by atoms with E-state index in [0.29, 0.717) is 29.7 Å². The van der Waals surface area contributed by atoms with Gasteiger partial charge in [-0.25, -0.2) is 0 Å². The van der Waals surface area contributed by atoms with Crippen LogP contribution < -0.4 is 14.8 Å². The highest BCUT2D eigenvalue weighted by molar-refractivity contribution is 6.32. The lowest BCUT2D eigenvalue weighted by Gasteiger charge is -2.23. The van der Waals surface area contributed by atoms with Gasteiger partial charge in [-0.1, -0.05) is 18.5 Å². The first-order valence-corrected chi connectivity index (χ1v) is 7.38. The molecule has 1 amide bonds. The van der Waals surface area contributed by atoms with Crippen LogP contribution in [0.3, 0.4) is 0 Å². The maximum absolute atomic E-state index is 11.9. The normalized spacial score (nSPS) is 14.3. The highest BCUT2D eigenvalue weighted by Crippen LogP contribution is 2.38. The van der Waals surface area contributed by atoms with Gasteiger partial charge in [0, 0.05) is 11.6 Å². The Balaban J connectivity index is 2.11. The molecule has 0 saturated heterocycles. The van der Waals surface area contributed by atoms with E-state index in [9.17, 15) is 4.79 Å². The van der Waals surface area contributed by atoms with Crippen LogP contribution >= 0.6 is 11.6 Å². The number of hydrogen-bond acceptors (Lipinski definition) is 3. The van der Waals surface area contributed by atoms with Gasteiger partial charge in [0.05, 0.1) is 5.02 Å². The Labute approximate surface area is 130 Å². The maximum Gasteiger partial charge on any atom is 0.244 e. The lowest BCUT2D eigenvalue weighted by atomic mass is 10.0. The molecule has 0 aromatic heterocycles. The summed E-state index contributed by atoms with van der Waals surface area (Å²) in [6.45, 7) is 7.00. The Hall–Kier alpha value is -1.68. The van der Waals surface area contributed by atoms with E-state index in [2.05, 4.69) is 5.32 Å². The molecule has 4 nitrogen and oxygen atoms in total. The average Bonchev–Trinajstić information content (AvgIpc) is 2.45. The van der Waals surface area contributed by atoms with Gasteiger partial charge in [0.2, 0.25) is 5.91 Å². The standard InChI is InChI=1S/C16H20ClNO3/c1-4-16(2,3)18-14(19)6-5-11-9-12(17)15-13(10-11)20-7-8-21-15/h5-6,9-10H,4,7-8H2,1-3H3,(H,18,19)/b6-5+. The Morgan fingerprint density at radius 1 is 1.38 bits per heavy atom. The summed E-state index contributed by atoms with van der Waals surface area (Å²) < 4.78 is 11.0. The van der Waals surface area contributed by atoms with Gasteiger partial charge in [-0.3, -0.25) is 4.79 Å². The van der Waals surface area contributed by atoms with Crippen molar-refractivity contribution in [1.29, 1.82) is 0 Å². The molecule has 114 valence electrons. The van der Waals surface area contributed by atoms with Gasteiger partial charge in [0.25, 0.3) is 0 Å². The van der Waals surface area contributed by atoms with Crippen molar-refractivity contribution in [3.05, 3.63) is 28.8 Å². The molecule has 1 aliphatic heterocycles. The smallest absolute Gasteiger partial charge is 0.244 e. The third kappa shape index (κ3) is 4.14. The summed E-state index contributed by atoms with van der Waals surface area (Å²) in [4.78, 5) is 11.9. The van der Waals surface area contributed by atoms with Gasteiger partial charge in [-0.2, -0.15) is 0 Å². The molecule has 1 heterocycles. The molecule has 1 aromatic rings. The Morgan fingerprint density at radius 2 is 2.10 bits per heavy atom. The van der Waals surface area contributed by atoms with Crippen LogP contribution in [0.25, 0.3) is 6.08 Å². The minimum absolute atomic E-state index is 0.132. The highest BCUT2D eigenvalue weighted by Gasteiger charge is 2.17. The molecular formula is C16H20ClNO3. The lowest BCUT2D eigenvalue weighted by Crippen LogP contribution is -2.41. The minimum Gasteiger partial charge on any atom is -0.486 e. The van der Waals surface area contributed by atoms with Crippen LogP contribution in [0.4, 0.5) is 0 Å². The topological polar surface area (TPSA) is 47.6 Å². The quantitative estimate of drug-likeness (QED) is 0.867. The van der Waals surface area contributed by atoms with Crippen molar-refractivity contribution in [3.8, 4) is 11.5 Å². The second-order valence-corrected chi connectivity index (χ2v) is 5.99. The number of halogens is 1. The predicted molar refractivity (Wildman–Crippen MR) is 84.0 cm³/mol. The average molecular weight is 310 g/mol. The van der Waals surface area contributed by atoms with Gasteiger partial charge in [0.1, 0.15) is 13.2 Å². The number of rotatable bonds is 4. The van der Waals surface area contributed by atoms with Crippen LogP contribution in [-0.4, -0.2) is 24.7 Å². The molecule has 1 aliphatic rings. The SMILES string of the molecule is CCC(C)(C)NC(=O)/C=C/c1cc(Cl)c2c(c1)OCCO2. The third-order valence-electron chi connectivity index (χ3n) is 3.39. The molecule has 1 N–H and O–H groups in total. The molecule has 0 radical (unpaired) electrons. The number of hydrogen-bond donors (Lipinski definition) is 1. The molecular weight excluding hydrogens is 290 g/mol. The lowest BCUT2D eigenvalue weighted by molar-refractivity contribution is -0.117. The molecule has 0 aliphatic carbocycles. The van der Waals surface area contributed by atoms with Crippen molar-refractivity contribution in [2.75, 3.05) is 13.2 Å². The maximum atomic E-state index is 11.9. The highest BCUT2D eigenvalue weighted by atomic mass is 35.5. The van der Waals surface area contributed by atoms with Crippen LogP contribution in [0, 0.1) is 0 Å². The van der Waals surface area contributed by atoms with E-state index in [1.165, 1.54) is 6.08 Å². The van der Waals surface area contributed by atoms with E-state index in [0.717, 1.165) is 12.0 Å². The largest absolute Gasteiger partial charge is 0.486 e. The molecule has 5 heteroatoms. The van der Waals surface area contributed by atoms with E-state index < -0.39 is 0 Å². The fraction of sp³-hybridized carbons (Fsp3) is 0.438. The van der Waals surface area contributed by atoms with E-state index in [4.69, 9.17) is 21.1 Å². The van der Waals surface area contributed by atoms with E-state index >= 15 is 0 Å². The van der Waals surface area contributed by atoms with E-state index in [1.807, 2.05) is 26.8 Å². The summed E-state index contributed by atoms with van der Waals surface area (Å²) in [7, 11) is 0. The first kappa shape index (κ1) is 15.7. The van der Waals surface area contributed by atoms with Gasteiger partial charge in [-0.05, 0) is 44.0 Å². The molecule has 0 unspecified atom stereocenters. The first-order valence-electron chi connectivity index (χ1n) is 7.00. The number of nitrogens with one attached hydrogen (secondary N) is 1. The zero-order chi connectivity index (χ0) is 15.5. The van der Waals surface area contributed by atoms with Crippen LogP contribution in [0.5, 0.6) is 11.5 Å². The second-order valence-electron chi connectivity index (χ2n) is 5.59. The molecule has 0 saturated carbocycles. The Kier molecular flexibility index (Phi) is 4.78. The molecule has 0 atom stereocenters. The Bertz CT molecular complexity index is 567. The number of benzene rings is 1. The van der Waals surface area contributed by atoms with Gasteiger partial charge < -0.3 is 14.8 Å². The first-order chi connectivity index (χ1) is 9.91. The number of ether oxygens (including phenoxy) is 2. The van der Waals surface area contributed by atoms with Crippen LogP contribution in [0.2, 0.25) is 5.02 Å². The zero-order valence-electron chi connectivity index (χ0n) is 12.5. The van der Waals surface area contributed by atoms with Crippen LogP contribution in [0.1, 0.15) is 32.8 Å².